The summed E-state index contributed by atoms with van der Waals surface area (Å²) in [4.78, 5) is 2.47. The van der Waals surface area contributed by atoms with Gasteiger partial charge in [-0.1, -0.05) is 43.5 Å². The molecule has 0 aromatic heterocycles. The van der Waals surface area contributed by atoms with Crippen molar-refractivity contribution in [2.45, 2.75) is 45.6 Å². The average molecular weight is 309 g/mol. The number of rotatable bonds is 8. The van der Waals surface area contributed by atoms with Gasteiger partial charge in [-0.05, 0) is 56.0 Å². The Hall–Kier alpha value is -0.570. The van der Waals surface area contributed by atoms with E-state index in [1.54, 1.807) is 0 Å². The summed E-state index contributed by atoms with van der Waals surface area (Å²) in [5.41, 5.74) is 1.83. The maximum Gasteiger partial charge on any atom is 0.0406 e. The Labute approximate surface area is 134 Å². The van der Waals surface area contributed by atoms with Gasteiger partial charge in [0.05, 0.1) is 0 Å². The second-order valence-corrected chi connectivity index (χ2v) is 7.12. The van der Waals surface area contributed by atoms with Gasteiger partial charge in [0.2, 0.25) is 0 Å². The first kappa shape index (κ1) is 16.8. The molecule has 3 heteroatoms. The van der Waals surface area contributed by atoms with Crippen LogP contribution < -0.4 is 5.32 Å². The van der Waals surface area contributed by atoms with Crippen LogP contribution in [0, 0.1) is 5.41 Å². The minimum absolute atomic E-state index is 0.482. The highest BCUT2D eigenvalue weighted by molar-refractivity contribution is 6.30. The van der Waals surface area contributed by atoms with Gasteiger partial charge in [0.25, 0.3) is 0 Å². The Morgan fingerprint density at radius 1 is 1.19 bits per heavy atom. The Kier molecular flexibility index (Phi) is 6.53. The monoisotopic (exact) mass is 308 g/mol. The van der Waals surface area contributed by atoms with Crippen LogP contribution in [0.3, 0.4) is 0 Å². The number of nitrogens with one attached hydrogen (secondary N) is 1. The molecule has 0 atom stereocenters. The van der Waals surface area contributed by atoms with Crippen LogP contribution in [0.15, 0.2) is 24.3 Å². The van der Waals surface area contributed by atoms with Crippen molar-refractivity contribution in [2.75, 3.05) is 26.7 Å². The van der Waals surface area contributed by atoms with Crippen molar-refractivity contribution in [1.29, 1.82) is 0 Å². The number of nitrogens with zero attached hydrogens (tertiary/aromatic N) is 1. The van der Waals surface area contributed by atoms with E-state index in [-0.39, 0.29) is 0 Å². The maximum absolute atomic E-state index is 5.96. The molecule has 1 saturated carbocycles. The minimum Gasteiger partial charge on any atom is -0.316 e. The van der Waals surface area contributed by atoms with E-state index in [1.807, 2.05) is 12.1 Å². The Morgan fingerprint density at radius 3 is 2.48 bits per heavy atom. The van der Waals surface area contributed by atoms with E-state index in [9.17, 15) is 0 Å². The second kappa shape index (κ2) is 8.17. The van der Waals surface area contributed by atoms with E-state index >= 15 is 0 Å². The summed E-state index contributed by atoms with van der Waals surface area (Å²) < 4.78 is 0. The summed E-state index contributed by atoms with van der Waals surface area (Å²) in [7, 11) is 2.24. The van der Waals surface area contributed by atoms with Gasteiger partial charge in [0.1, 0.15) is 0 Å². The average Bonchev–Trinajstić information content (AvgIpc) is 2.90. The molecule has 0 bridgehead atoms. The van der Waals surface area contributed by atoms with Crippen LogP contribution in [0.4, 0.5) is 0 Å². The highest BCUT2D eigenvalue weighted by Crippen LogP contribution is 2.38. The lowest BCUT2D eigenvalue weighted by atomic mass is 9.85. The molecule has 1 aromatic rings. The molecule has 118 valence electrons. The molecule has 1 aliphatic rings. The standard InChI is InChI=1S/C18H29ClN2/c1-3-12-20-14-18(10-4-5-11-18)15-21(2)13-16-6-8-17(19)9-7-16/h6-9,20H,3-5,10-15H2,1-2H3. The molecule has 0 spiro atoms. The van der Waals surface area contributed by atoms with Crippen molar-refractivity contribution in [1.82, 2.24) is 10.2 Å². The predicted octanol–water partition coefficient (Wildman–Crippen LogP) is 4.33. The molecule has 1 aromatic carbocycles. The van der Waals surface area contributed by atoms with Crippen molar-refractivity contribution in [3.05, 3.63) is 34.9 Å². The quantitative estimate of drug-likeness (QED) is 0.719. The zero-order valence-corrected chi connectivity index (χ0v) is 14.3. The third kappa shape index (κ3) is 5.28. The predicted molar refractivity (Wildman–Crippen MR) is 91.8 cm³/mol. The molecule has 1 fully saturated rings. The summed E-state index contributed by atoms with van der Waals surface area (Å²) in [6, 6.07) is 8.24. The Morgan fingerprint density at radius 2 is 1.86 bits per heavy atom. The van der Waals surface area contributed by atoms with E-state index < -0.39 is 0 Å². The van der Waals surface area contributed by atoms with Crippen LogP contribution in [0.1, 0.15) is 44.6 Å². The minimum atomic E-state index is 0.482. The van der Waals surface area contributed by atoms with Gasteiger partial charge in [-0.3, -0.25) is 0 Å². The van der Waals surface area contributed by atoms with Gasteiger partial charge in [-0.25, -0.2) is 0 Å². The first-order chi connectivity index (χ1) is 10.1. The fourth-order valence-electron chi connectivity index (χ4n) is 3.58. The van der Waals surface area contributed by atoms with Crippen LogP contribution in [-0.4, -0.2) is 31.6 Å². The maximum atomic E-state index is 5.96. The summed E-state index contributed by atoms with van der Waals surface area (Å²) in [5.74, 6) is 0. The Balaban J connectivity index is 1.88. The van der Waals surface area contributed by atoms with E-state index in [1.165, 1.54) is 50.8 Å². The molecule has 1 aliphatic carbocycles. The first-order valence-corrected chi connectivity index (χ1v) is 8.65. The highest BCUT2D eigenvalue weighted by Gasteiger charge is 2.34. The summed E-state index contributed by atoms with van der Waals surface area (Å²) in [6.45, 7) is 6.74. The largest absolute Gasteiger partial charge is 0.316 e. The third-order valence-electron chi connectivity index (χ3n) is 4.56. The summed E-state index contributed by atoms with van der Waals surface area (Å²) in [6.07, 6.45) is 6.74. The van der Waals surface area contributed by atoms with Crippen LogP contribution >= 0.6 is 11.6 Å². The van der Waals surface area contributed by atoms with Gasteiger partial charge < -0.3 is 10.2 Å². The fraction of sp³-hybridized carbons (Fsp3) is 0.667. The second-order valence-electron chi connectivity index (χ2n) is 6.68. The Bertz CT molecular complexity index is 410. The lowest BCUT2D eigenvalue weighted by Crippen LogP contribution is -2.41. The molecular formula is C18H29ClN2. The van der Waals surface area contributed by atoms with Crippen molar-refractivity contribution < 1.29 is 0 Å². The van der Waals surface area contributed by atoms with Gasteiger partial charge in [-0.15, -0.1) is 0 Å². The van der Waals surface area contributed by atoms with Crippen LogP contribution in [0.5, 0.6) is 0 Å². The smallest absolute Gasteiger partial charge is 0.0406 e. The number of halogens is 1. The molecule has 0 saturated heterocycles. The molecule has 2 nitrogen and oxygen atoms in total. The van der Waals surface area contributed by atoms with E-state index in [0.29, 0.717) is 5.41 Å². The van der Waals surface area contributed by atoms with Crippen molar-refractivity contribution >= 4 is 11.6 Å². The van der Waals surface area contributed by atoms with E-state index in [2.05, 4.69) is 36.3 Å². The number of benzene rings is 1. The number of hydrogen-bond donors (Lipinski definition) is 1. The van der Waals surface area contributed by atoms with Crippen LogP contribution in [0.2, 0.25) is 5.02 Å². The normalized spacial score (nSPS) is 17.5. The van der Waals surface area contributed by atoms with Crippen molar-refractivity contribution in [3.8, 4) is 0 Å². The fourth-order valence-corrected chi connectivity index (χ4v) is 3.70. The molecule has 1 N–H and O–H groups in total. The molecule has 0 aliphatic heterocycles. The van der Waals surface area contributed by atoms with Gasteiger partial charge in [-0.2, -0.15) is 0 Å². The molecular weight excluding hydrogens is 280 g/mol. The topological polar surface area (TPSA) is 15.3 Å². The van der Waals surface area contributed by atoms with Gasteiger partial charge in [0.15, 0.2) is 0 Å². The van der Waals surface area contributed by atoms with E-state index in [4.69, 9.17) is 11.6 Å². The molecule has 0 radical (unpaired) electrons. The first-order valence-electron chi connectivity index (χ1n) is 8.27. The summed E-state index contributed by atoms with van der Waals surface area (Å²) >= 11 is 5.96. The van der Waals surface area contributed by atoms with Crippen molar-refractivity contribution in [2.24, 2.45) is 5.41 Å². The zero-order chi connectivity index (χ0) is 15.1. The molecule has 0 unspecified atom stereocenters. The lowest BCUT2D eigenvalue weighted by molar-refractivity contribution is 0.168. The SMILES string of the molecule is CCCNCC1(CN(C)Cc2ccc(Cl)cc2)CCCC1. The zero-order valence-electron chi connectivity index (χ0n) is 13.5. The summed E-state index contributed by atoms with van der Waals surface area (Å²) in [5, 5.41) is 4.47. The lowest BCUT2D eigenvalue weighted by Gasteiger charge is -2.34. The highest BCUT2D eigenvalue weighted by atomic mass is 35.5. The number of hydrogen-bond acceptors (Lipinski definition) is 2. The van der Waals surface area contributed by atoms with E-state index in [0.717, 1.165) is 18.1 Å². The molecule has 0 heterocycles. The van der Waals surface area contributed by atoms with Crippen LogP contribution in [-0.2, 0) is 6.54 Å². The molecule has 0 amide bonds. The third-order valence-corrected chi connectivity index (χ3v) is 4.81. The van der Waals surface area contributed by atoms with Crippen molar-refractivity contribution in [3.63, 3.8) is 0 Å². The van der Waals surface area contributed by atoms with Gasteiger partial charge in [0, 0.05) is 24.7 Å². The van der Waals surface area contributed by atoms with Gasteiger partial charge >= 0.3 is 0 Å². The molecule has 2 rings (SSSR count). The molecule has 21 heavy (non-hydrogen) atoms. The van der Waals surface area contributed by atoms with Crippen LogP contribution in [0.25, 0.3) is 0 Å².